The summed E-state index contributed by atoms with van der Waals surface area (Å²) in [7, 11) is 2.91. The standard InChI is InChI=1S/C21H19ClN6O5/c1-11-18(20(29)26-15-9-16(32-2)14(22)8-17(15)33-3)19(27-21(25-11)23-10-24-27)12-5-4-6-13(7-12)28(30)31/h4-10,19H,1-3H3,(H,26,29)(H,23,24,25). The van der Waals surface area contributed by atoms with Crippen LogP contribution in [0.4, 0.5) is 17.3 Å². The SMILES string of the molecule is COc1cc(NC(=O)C2=C(C)Nc3ncnn3C2c2cccc([N+](=O)[O-])c2)c(OC)cc1Cl. The second kappa shape index (κ2) is 8.79. The van der Waals surface area contributed by atoms with E-state index in [0.29, 0.717) is 45.0 Å². The molecule has 0 aliphatic carbocycles. The number of allylic oxidation sites excluding steroid dienone is 1. The highest BCUT2D eigenvalue weighted by Crippen LogP contribution is 2.39. The van der Waals surface area contributed by atoms with Crippen molar-refractivity contribution >= 4 is 34.8 Å². The molecule has 170 valence electrons. The molecule has 0 saturated carbocycles. The van der Waals surface area contributed by atoms with E-state index in [4.69, 9.17) is 21.1 Å². The summed E-state index contributed by atoms with van der Waals surface area (Å²) in [6.45, 7) is 1.72. The van der Waals surface area contributed by atoms with Gasteiger partial charge in [0.05, 0.1) is 35.4 Å². The van der Waals surface area contributed by atoms with Crippen molar-refractivity contribution < 1.29 is 19.2 Å². The van der Waals surface area contributed by atoms with Crippen molar-refractivity contribution in [2.24, 2.45) is 0 Å². The summed E-state index contributed by atoms with van der Waals surface area (Å²) in [5.74, 6) is 0.630. The highest BCUT2D eigenvalue weighted by molar-refractivity contribution is 6.32. The fourth-order valence-corrected chi connectivity index (χ4v) is 3.88. The van der Waals surface area contributed by atoms with Crippen LogP contribution in [0.2, 0.25) is 5.02 Å². The molecule has 1 atom stereocenters. The van der Waals surface area contributed by atoms with Crippen LogP contribution in [0.5, 0.6) is 11.5 Å². The summed E-state index contributed by atoms with van der Waals surface area (Å²) in [6.07, 6.45) is 1.34. The molecule has 2 aromatic carbocycles. The third kappa shape index (κ3) is 4.05. The summed E-state index contributed by atoms with van der Waals surface area (Å²) in [6, 6.07) is 8.37. The van der Waals surface area contributed by atoms with Gasteiger partial charge < -0.3 is 20.1 Å². The van der Waals surface area contributed by atoms with Gasteiger partial charge in [-0.25, -0.2) is 4.68 Å². The number of rotatable bonds is 6. The number of carbonyl (C=O) groups excluding carboxylic acids is 1. The lowest BCUT2D eigenvalue weighted by atomic mass is 9.94. The lowest BCUT2D eigenvalue weighted by molar-refractivity contribution is -0.384. The highest BCUT2D eigenvalue weighted by atomic mass is 35.5. The molecule has 1 aromatic heterocycles. The number of carbonyl (C=O) groups is 1. The third-order valence-electron chi connectivity index (χ3n) is 5.16. The monoisotopic (exact) mass is 470 g/mol. The van der Waals surface area contributed by atoms with Gasteiger partial charge in [-0.15, -0.1) is 0 Å². The number of nitrogens with zero attached hydrogens (tertiary/aromatic N) is 4. The lowest BCUT2D eigenvalue weighted by Crippen LogP contribution is -2.31. The zero-order chi connectivity index (χ0) is 23.7. The molecule has 12 heteroatoms. The Morgan fingerprint density at radius 2 is 2.00 bits per heavy atom. The van der Waals surface area contributed by atoms with Crippen LogP contribution in [0.1, 0.15) is 18.5 Å². The number of amides is 1. The van der Waals surface area contributed by atoms with Gasteiger partial charge in [0, 0.05) is 30.0 Å². The molecule has 2 N–H and O–H groups in total. The van der Waals surface area contributed by atoms with Gasteiger partial charge in [0.25, 0.3) is 11.6 Å². The summed E-state index contributed by atoms with van der Waals surface area (Å²) in [5.41, 5.74) is 1.55. The first-order valence-electron chi connectivity index (χ1n) is 9.68. The van der Waals surface area contributed by atoms with Crippen molar-refractivity contribution in [3.8, 4) is 11.5 Å². The van der Waals surface area contributed by atoms with Crippen molar-refractivity contribution in [3.63, 3.8) is 0 Å². The van der Waals surface area contributed by atoms with Crippen LogP contribution in [0.25, 0.3) is 0 Å². The summed E-state index contributed by atoms with van der Waals surface area (Å²) in [5, 5.41) is 21.8. The maximum Gasteiger partial charge on any atom is 0.269 e. The minimum atomic E-state index is -0.760. The van der Waals surface area contributed by atoms with Gasteiger partial charge in [-0.1, -0.05) is 23.7 Å². The number of non-ortho nitro benzene ring substituents is 1. The largest absolute Gasteiger partial charge is 0.495 e. The molecular weight excluding hydrogens is 452 g/mol. The number of anilines is 2. The minimum absolute atomic E-state index is 0.103. The Morgan fingerprint density at radius 3 is 2.70 bits per heavy atom. The van der Waals surface area contributed by atoms with Gasteiger partial charge in [-0.05, 0) is 12.5 Å². The highest BCUT2D eigenvalue weighted by Gasteiger charge is 2.34. The van der Waals surface area contributed by atoms with Crippen LogP contribution < -0.4 is 20.1 Å². The molecule has 11 nitrogen and oxygen atoms in total. The molecule has 4 rings (SSSR count). The van der Waals surface area contributed by atoms with Gasteiger partial charge in [0.1, 0.15) is 23.9 Å². The molecule has 1 unspecified atom stereocenters. The molecule has 1 aliphatic heterocycles. The average molecular weight is 471 g/mol. The molecule has 0 radical (unpaired) electrons. The van der Waals surface area contributed by atoms with Crippen LogP contribution in [0.3, 0.4) is 0 Å². The number of ether oxygens (including phenoxy) is 2. The minimum Gasteiger partial charge on any atom is -0.495 e. The number of nitro benzene ring substituents is 1. The number of methoxy groups -OCH3 is 2. The van der Waals surface area contributed by atoms with Crippen LogP contribution in [-0.4, -0.2) is 39.8 Å². The molecule has 0 bridgehead atoms. The van der Waals surface area contributed by atoms with E-state index in [2.05, 4.69) is 20.7 Å². The summed E-state index contributed by atoms with van der Waals surface area (Å²) in [4.78, 5) is 28.5. The topological polar surface area (TPSA) is 133 Å². The van der Waals surface area contributed by atoms with Gasteiger partial charge in [0.15, 0.2) is 0 Å². The van der Waals surface area contributed by atoms with Crippen molar-refractivity contribution in [3.05, 3.63) is 74.7 Å². The first kappa shape index (κ1) is 22.1. The Bertz CT molecular complexity index is 1290. The quantitative estimate of drug-likeness (QED) is 0.410. The summed E-state index contributed by atoms with van der Waals surface area (Å²) >= 11 is 6.17. The normalized spacial score (nSPS) is 14.8. The van der Waals surface area contributed by atoms with Gasteiger partial charge in [0.2, 0.25) is 5.95 Å². The van der Waals surface area contributed by atoms with E-state index in [0.717, 1.165) is 0 Å². The predicted molar refractivity (Wildman–Crippen MR) is 121 cm³/mol. The Labute approximate surface area is 193 Å². The number of fused-ring (bicyclic) bond motifs is 1. The number of halogens is 1. The third-order valence-corrected chi connectivity index (χ3v) is 5.45. The average Bonchev–Trinajstić information content (AvgIpc) is 3.26. The molecule has 1 amide bonds. The number of aromatic nitrogens is 3. The smallest absolute Gasteiger partial charge is 0.269 e. The molecule has 1 aliphatic rings. The molecule has 3 aromatic rings. The number of hydrogen-bond acceptors (Lipinski definition) is 8. The van der Waals surface area contributed by atoms with Crippen molar-refractivity contribution in [1.29, 1.82) is 0 Å². The molecule has 2 heterocycles. The van der Waals surface area contributed by atoms with Gasteiger partial charge >= 0.3 is 0 Å². The Hall–Kier alpha value is -4.12. The molecule has 0 spiro atoms. The van der Waals surface area contributed by atoms with E-state index in [-0.39, 0.29) is 5.69 Å². The van der Waals surface area contributed by atoms with Crippen molar-refractivity contribution in [1.82, 2.24) is 14.8 Å². The molecular formula is C21H19ClN6O5. The fourth-order valence-electron chi connectivity index (χ4n) is 3.65. The van der Waals surface area contributed by atoms with Gasteiger partial charge in [-0.3, -0.25) is 14.9 Å². The number of hydrogen-bond donors (Lipinski definition) is 2. The first-order valence-corrected chi connectivity index (χ1v) is 10.1. The van der Waals surface area contributed by atoms with E-state index in [1.807, 2.05) is 0 Å². The number of benzene rings is 2. The zero-order valence-electron chi connectivity index (χ0n) is 17.8. The van der Waals surface area contributed by atoms with Gasteiger partial charge in [-0.2, -0.15) is 10.1 Å². The number of nitro groups is 1. The maximum atomic E-state index is 13.5. The van der Waals surface area contributed by atoms with E-state index < -0.39 is 16.9 Å². The fraction of sp³-hybridized carbons (Fsp3) is 0.190. The first-order chi connectivity index (χ1) is 15.8. The molecule has 0 fully saturated rings. The number of nitrogens with one attached hydrogen (secondary N) is 2. The molecule has 0 saturated heterocycles. The van der Waals surface area contributed by atoms with E-state index in [9.17, 15) is 14.9 Å². The predicted octanol–water partition coefficient (Wildman–Crippen LogP) is 3.78. The van der Waals surface area contributed by atoms with Crippen LogP contribution in [0, 0.1) is 10.1 Å². The lowest BCUT2D eigenvalue weighted by Gasteiger charge is -2.28. The van der Waals surface area contributed by atoms with Crippen molar-refractivity contribution in [2.45, 2.75) is 13.0 Å². The van der Waals surface area contributed by atoms with Crippen LogP contribution >= 0.6 is 11.6 Å². The van der Waals surface area contributed by atoms with E-state index in [1.54, 1.807) is 25.1 Å². The van der Waals surface area contributed by atoms with E-state index in [1.165, 1.54) is 43.4 Å². The summed E-state index contributed by atoms with van der Waals surface area (Å²) < 4.78 is 12.1. The van der Waals surface area contributed by atoms with Crippen molar-refractivity contribution in [2.75, 3.05) is 24.9 Å². The maximum absolute atomic E-state index is 13.5. The Kier molecular flexibility index (Phi) is 5.88. The Morgan fingerprint density at radius 1 is 1.24 bits per heavy atom. The molecule has 33 heavy (non-hydrogen) atoms. The Balaban J connectivity index is 1.79. The second-order valence-corrected chi connectivity index (χ2v) is 7.49. The van der Waals surface area contributed by atoms with Crippen LogP contribution in [-0.2, 0) is 4.79 Å². The van der Waals surface area contributed by atoms with Crippen LogP contribution in [0.15, 0.2) is 54.0 Å². The van der Waals surface area contributed by atoms with E-state index >= 15 is 0 Å². The zero-order valence-corrected chi connectivity index (χ0v) is 18.6. The second-order valence-electron chi connectivity index (χ2n) is 7.09.